The third kappa shape index (κ3) is 5.56. The third-order valence-electron chi connectivity index (χ3n) is 3.32. The normalized spacial score (nSPS) is 13.8. The molecule has 1 aliphatic rings. The minimum absolute atomic E-state index is 0.0130. The molecular weight excluding hydrogens is 311 g/mol. The molecule has 6 heteroatoms. The first-order valence-electron chi connectivity index (χ1n) is 7.04. The summed E-state index contributed by atoms with van der Waals surface area (Å²) in [5.41, 5.74) is 1.08. The SMILES string of the molecule is O=C(CNC(=O)C1CC1)NCCCc1ccc(Cl)c(Cl)c1. The van der Waals surface area contributed by atoms with E-state index < -0.39 is 0 Å². The molecule has 0 aliphatic heterocycles. The summed E-state index contributed by atoms with van der Waals surface area (Å²) in [5, 5.41) is 6.50. The lowest BCUT2D eigenvalue weighted by Crippen LogP contribution is -2.37. The van der Waals surface area contributed by atoms with Gasteiger partial charge in [0.1, 0.15) is 0 Å². The smallest absolute Gasteiger partial charge is 0.239 e. The summed E-state index contributed by atoms with van der Waals surface area (Å²) in [6.45, 7) is 0.625. The largest absolute Gasteiger partial charge is 0.355 e. The lowest BCUT2D eigenvalue weighted by Gasteiger charge is -2.07. The van der Waals surface area contributed by atoms with E-state index in [0.717, 1.165) is 31.2 Å². The van der Waals surface area contributed by atoms with Crippen LogP contribution >= 0.6 is 23.2 Å². The van der Waals surface area contributed by atoms with Gasteiger partial charge in [-0.1, -0.05) is 29.3 Å². The Bertz CT molecular complexity index is 530. The zero-order valence-corrected chi connectivity index (χ0v) is 13.1. The Morgan fingerprint density at radius 2 is 1.90 bits per heavy atom. The van der Waals surface area contributed by atoms with E-state index in [1.54, 1.807) is 6.07 Å². The molecule has 114 valence electrons. The summed E-state index contributed by atoms with van der Waals surface area (Å²) in [6, 6.07) is 5.53. The topological polar surface area (TPSA) is 58.2 Å². The van der Waals surface area contributed by atoms with Crippen molar-refractivity contribution in [1.29, 1.82) is 0 Å². The Balaban J connectivity index is 1.59. The molecule has 2 amide bonds. The first-order chi connectivity index (χ1) is 10.1. The molecule has 4 nitrogen and oxygen atoms in total. The van der Waals surface area contributed by atoms with Crippen molar-refractivity contribution in [3.63, 3.8) is 0 Å². The van der Waals surface area contributed by atoms with Gasteiger partial charge in [-0.05, 0) is 43.4 Å². The van der Waals surface area contributed by atoms with Gasteiger partial charge in [0, 0.05) is 12.5 Å². The second-order valence-corrected chi connectivity index (χ2v) is 6.01. The van der Waals surface area contributed by atoms with Crippen molar-refractivity contribution in [3.05, 3.63) is 33.8 Å². The summed E-state index contributed by atoms with van der Waals surface area (Å²) >= 11 is 11.8. The van der Waals surface area contributed by atoms with Crippen molar-refractivity contribution in [2.24, 2.45) is 5.92 Å². The standard InChI is InChI=1S/C15H18Cl2N2O2/c16-12-6-3-10(8-13(12)17)2-1-7-18-14(20)9-19-15(21)11-4-5-11/h3,6,8,11H,1-2,4-5,7,9H2,(H,18,20)(H,19,21). The lowest BCUT2D eigenvalue weighted by atomic mass is 10.1. The average Bonchev–Trinajstić information content (AvgIpc) is 3.29. The Labute approximate surface area is 134 Å². The minimum Gasteiger partial charge on any atom is -0.355 e. The molecule has 2 N–H and O–H groups in total. The number of carbonyl (C=O) groups is 2. The van der Waals surface area contributed by atoms with Crippen LogP contribution in [0.4, 0.5) is 0 Å². The van der Waals surface area contributed by atoms with E-state index >= 15 is 0 Å². The van der Waals surface area contributed by atoms with Crippen LogP contribution in [0.2, 0.25) is 10.0 Å². The fourth-order valence-electron chi connectivity index (χ4n) is 1.94. The molecule has 0 heterocycles. The molecule has 0 saturated heterocycles. The first kappa shape index (κ1) is 16.1. The minimum atomic E-state index is -0.155. The van der Waals surface area contributed by atoms with Gasteiger partial charge in [0.05, 0.1) is 16.6 Å². The van der Waals surface area contributed by atoms with Gasteiger partial charge in [0.2, 0.25) is 11.8 Å². The van der Waals surface area contributed by atoms with Crippen LogP contribution in [0.15, 0.2) is 18.2 Å². The van der Waals surface area contributed by atoms with E-state index in [4.69, 9.17) is 23.2 Å². The highest BCUT2D eigenvalue weighted by Gasteiger charge is 2.29. The van der Waals surface area contributed by atoms with Gasteiger partial charge in [-0.15, -0.1) is 0 Å². The summed E-state index contributed by atoms with van der Waals surface area (Å²) < 4.78 is 0. The predicted octanol–water partition coefficient (Wildman–Crippen LogP) is 2.57. The number of hydrogen-bond donors (Lipinski definition) is 2. The van der Waals surface area contributed by atoms with Gasteiger partial charge in [0.15, 0.2) is 0 Å². The van der Waals surface area contributed by atoms with Crippen molar-refractivity contribution in [3.8, 4) is 0 Å². The number of halogens is 2. The number of benzene rings is 1. The Morgan fingerprint density at radius 3 is 2.57 bits per heavy atom. The molecule has 1 fully saturated rings. The monoisotopic (exact) mass is 328 g/mol. The molecule has 0 radical (unpaired) electrons. The zero-order valence-electron chi connectivity index (χ0n) is 11.6. The summed E-state index contributed by atoms with van der Waals surface area (Å²) in [6.07, 6.45) is 3.50. The molecule has 0 aromatic heterocycles. The van der Waals surface area contributed by atoms with Crippen LogP contribution in [0.5, 0.6) is 0 Å². The molecule has 0 unspecified atom stereocenters. The fraction of sp³-hybridized carbons (Fsp3) is 0.467. The van der Waals surface area contributed by atoms with Gasteiger partial charge < -0.3 is 10.6 Å². The van der Waals surface area contributed by atoms with Crippen LogP contribution in [0.3, 0.4) is 0 Å². The second kappa shape index (κ2) is 7.66. The van der Waals surface area contributed by atoms with Crippen molar-refractivity contribution in [1.82, 2.24) is 10.6 Å². The first-order valence-corrected chi connectivity index (χ1v) is 7.80. The highest BCUT2D eigenvalue weighted by atomic mass is 35.5. The van der Waals surface area contributed by atoms with Gasteiger partial charge >= 0.3 is 0 Å². The number of hydrogen-bond acceptors (Lipinski definition) is 2. The molecule has 0 bridgehead atoms. The third-order valence-corrected chi connectivity index (χ3v) is 4.06. The molecule has 21 heavy (non-hydrogen) atoms. The number of carbonyl (C=O) groups excluding carboxylic acids is 2. The second-order valence-electron chi connectivity index (χ2n) is 5.19. The Hall–Kier alpha value is -1.26. The Morgan fingerprint density at radius 1 is 1.14 bits per heavy atom. The highest BCUT2D eigenvalue weighted by Crippen LogP contribution is 2.28. The van der Waals surface area contributed by atoms with Crippen LogP contribution in [0, 0.1) is 5.92 Å². The van der Waals surface area contributed by atoms with E-state index in [1.165, 1.54) is 0 Å². The molecule has 0 spiro atoms. The number of aryl methyl sites for hydroxylation is 1. The van der Waals surface area contributed by atoms with E-state index in [1.807, 2.05) is 12.1 Å². The van der Waals surface area contributed by atoms with E-state index in [2.05, 4.69) is 10.6 Å². The molecule has 1 saturated carbocycles. The van der Waals surface area contributed by atoms with Gasteiger partial charge in [-0.2, -0.15) is 0 Å². The zero-order chi connectivity index (χ0) is 15.2. The quantitative estimate of drug-likeness (QED) is 0.756. The van der Waals surface area contributed by atoms with Crippen molar-refractivity contribution in [2.45, 2.75) is 25.7 Å². The van der Waals surface area contributed by atoms with Crippen molar-refractivity contribution in [2.75, 3.05) is 13.1 Å². The summed E-state index contributed by atoms with van der Waals surface area (Å²) in [5.74, 6) is -0.0356. The predicted molar refractivity (Wildman–Crippen MR) is 83.5 cm³/mol. The van der Waals surface area contributed by atoms with Crippen molar-refractivity contribution < 1.29 is 9.59 Å². The molecular formula is C15H18Cl2N2O2. The van der Waals surface area contributed by atoms with Gasteiger partial charge in [-0.25, -0.2) is 0 Å². The van der Waals surface area contributed by atoms with Crippen molar-refractivity contribution >= 4 is 35.0 Å². The lowest BCUT2D eigenvalue weighted by molar-refractivity contribution is -0.126. The Kier molecular flexibility index (Phi) is 5.88. The molecule has 1 aromatic rings. The molecule has 1 aliphatic carbocycles. The van der Waals surface area contributed by atoms with Gasteiger partial charge in [-0.3, -0.25) is 9.59 Å². The van der Waals surface area contributed by atoms with E-state index in [0.29, 0.717) is 16.6 Å². The average molecular weight is 329 g/mol. The van der Waals surface area contributed by atoms with Crippen LogP contribution in [0.1, 0.15) is 24.8 Å². The van der Waals surface area contributed by atoms with Crippen LogP contribution in [-0.2, 0) is 16.0 Å². The molecule has 1 aromatic carbocycles. The maximum atomic E-state index is 11.5. The van der Waals surface area contributed by atoms with Crippen LogP contribution in [0.25, 0.3) is 0 Å². The van der Waals surface area contributed by atoms with E-state index in [9.17, 15) is 9.59 Å². The van der Waals surface area contributed by atoms with Crippen LogP contribution in [-0.4, -0.2) is 24.9 Å². The maximum Gasteiger partial charge on any atom is 0.239 e. The van der Waals surface area contributed by atoms with Crippen LogP contribution < -0.4 is 10.6 Å². The summed E-state index contributed by atoms with van der Waals surface area (Å²) in [7, 11) is 0. The number of nitrogens with one attached hydrogen (secondary N) is 2. The fourth-order valence-corrected chi connectivity index (χ4v) is 2.26. The number of rotatable bonds is 7. The van der Waals surface area contributed by atoms with Gasteiger partial charge in [0.25, 0.3) is 0 Å². The van der Waals surface area contributed by atoms with E-state index in [-0.39, 0.29) is 24.3 Å². The summed E-state index contributed by atoms with van der Waals surface area (Å²) in [4.78, 5) is 22.9. The highest BCUT2D eigenvalue weighted by molar-refractivity contribution is 6.42. The maximum absolute atomic E-state index is 11.5. The molecule has 2 rings (SSSR count). The molecule has 0 atom stereocenters. The number of amides is 2.